The van der Waals surface area contributed by atoms with Gasteiger partial charge < -0.3 is 25.8 Å². The topological polar surface area (TPSA) is 124 Å². The predicted octanol–water partition coefficient (Wildman–Crippen LogP) is 0.645. The fourth-order valence-electron chi connectivity index (χ4n) is 4.79. The van der Waals surface area contributed by atoms with E-state index in [2.05, 4.69) is 20.9 Å². The van der Waals surface area contributed by atoms with Gasteiger partial charge in [-0.1, -0.05) is 19.3 Å². The molecule has 0 aromatic carbocycles. The molecule has 3 fully saturated rings. The number of carbonyl (C=O) groups is 4. The molecule has 1 aliphatic carbocycles. The van der Waals surface area contributed by atoms with Crippen LogP contribution >= 0.6 is 0 Å². The molecule has 4 rings (SSSR count). The minimum absolute atomic E-state index is 0.0615. The second-order valence-electron chi connectivity index (χ2n) is 8.98. The lowest BCUT2D eigenvalue weighted by molar-refractivity contribution is -0.133. The quantitative estimate of drug-likeness (QED) is 0.614. The van der Waals surface area contributed by atoms with Gasteiger partial charge in [0.25, 0.3) is 5.91 Å². The van der Waals surface area contributed by atoms with E-state index in [4.69, 9.17) is 0 Å². The highest BCUT2D eigenvalue weighted by Crippen LogP contribution is 2.19. The van der Waals surface area contributed by atoms with Gasteiger partial charge in [-0.2, -0.15) is 0 Å². The number of urea groups is 1. The highest BCUT2D eigenvalue weighted by molar-refractivity contribution is 5.96. The third-order valence-corrected chi connectivity index (χ3v) is 6.67. The molecule has 178 valence electrons. The van der Waals surface area contributed by atoms with E-state index < -0.39 is 18.0 Å². The average Bonchev–Trinajstić information content (AvgIpc) is 2.85. The van der Waals surface area contributed by atoms with Crippen molar-refractivity contribution in [2.75, 3.05) is 26.2 Å². The molecule has 2 atom stereocenters. The zero-order chi connectivity index (χ0) is 23.2. The summed E-state index contributed by atoms with van der Waals surface area (Å²) in [5, 5.41) is 8.64. The van der Waals surface area contributed by atoms with Gasteiger partial charge >= 0.3 is 6.03 Å². The van der Waals surface area contributed by atoms with E-state index in [0.717, 1.165) is 32.1 Å². The number of amides is 5. The third kappa shape index (κ3) is 5.61. The number of hydrogen-bond donors (Lipinski definition) is 3. The van der Waals surface area contributed by atoms with E-state index in [9.17, 15) is 19.2 Å². The number of rotatable bonds is 4. The van der Waals surface area contributed by atoms with Crippen LogP contribution in [0.4, 0.5) is 4.79 Å². The van der Waals surface area contributed by atoms with Crippen molar-refractivity contribution in [3.05, 3.63) is 30.1 Å². The van der Waals surface area contributed by atoms with Crippen molar-refractivity contribution in [3.8, 4) is 0 Å². The highest BCUT2D eigenvalue weighted by Gasteiger charge is 2.39. The third-order valence-electron chi connectivity index (χ3n) is 6.67. The second-order valence-corrected chi connectivity index (χ2v) is 8.98. The first-order valence-corrected chi connectivity index (χ1v) is 11.9. The number of piperazine rings is 1. The Kier molecular flexibility index (Phi) is 7.41. The zero-order valence-corrected chi connectivity index (χ0v) is 18.8. The molecule has 3 heterocycles. The largest absolute Gasteiger partial charge is 0.354 e. The Hall–Kier alpha value is -3.17. The fourth-order valence-corrected chi connectivity index (χ4v) is 4.79. The Bertz CT molecular complexity index is 873. The van der Waals surface area contributed by atoms with Gasteiger partial charge in [-0.15, -0.1) is 0 Å². The van der Waals surface area contributed by atoms with E-state index in [1.807, 2.05) is 0 Å². The molecule has 0 radical (unpaired) electrons. The van der Waals surface area contributed by atoms with Crippen LogP contribution in [0.2, 0.25) is 0 Å². The standard InChI is InChI=1S/C23H32N6O4/c30-20-18(9-5-11-25-20)27-21(31)19-15-28(22(32)16-6-4-10-24-14-16)12-13-29(19)23(33)26-17-7-2-1-3-8-17/h4,6,10,14,17-19H,1-3,5,7-9,11-13,15H2,(H,25,30)(H,26,33)(H,27,31)/t18-,19+/m0/s1. The summed E-state index contributed by atoms with van der Waals surface area (Å²) in [6.45, 7) is 1.21. The van der Waals surface area contributed by atoms with Crippen LogP contribution in [-0.2, 0) is 9.59 Å². The van der Waals surface area contributed by atoms with E-state index in [1.54, 1.807) is 23.2 Å². The normalized spacial score (nSPS) is 24.1. The number of hydrogen-bond acceptors (Lipinski definition) is 5. The molecule has 1 aromatic rings. The molecule has 0 bridgehead atoms. The molecule has 2 aliphatic heterocycles. The second kappa shape index (κ2) is 10.6. The zero-order valence-electron chi connectivity index (χ0n) is 18.8. The van der Waals surface area contributed by atoms with Crippen molar-refractivity contribution >= 4 is 23.8 Å². The Labute approximate surface area is 193 Å². The van der Waals surface area contributed by atoms with Crippen molar-refractivity contribution in [3.63, 3.8) is 0 Å². The first-order chi connectivity index (χ1) is 16.0. The first kappa shape index (κ1) is 23.0. The van der Waals surface area contributed by atoms with Crippen LogP contribution in [0.3, 0.4) is 0 Å². The van der Waals surface area contributed by atoms with Crippen LogP contribution in [0.25, 0.3) is 0 Å². The summed E-state index contributed by atoms with van der Waals surface area (Å²) < 4.78 is 0. The first-order valence-electron chi connectivity index (χ1n) is 11.9. The fraction of sp³-hybridized carbons (Fsp3) is 0.609. The molecule has 1 saturated carbocycles. The van der Waals surface area contributed by atoms with Crippen molar-refractivity contribution in [1.82, 2.24) is 30.7 Å². The maximum atomic E-state index is 13.3. The Balaban J connectivity index is 1.48. The monoisotopic (exact) mass is 456 g/mol. The van der Waals surface area contributed by atoms with Gasteiger partial charge in [0.05, 0.1) is 12.1 Å². The summed E-state index contributed by atoms with van der Waals surface area (Å²) in [5.74, 6) is -0.866. The number of pyridine rings is 1. The minimum atomic E-state index is -0.877. The molecule has 0 unspecified atom stereocenters. The van der Waals surface area contributed by atoms with Crippen LogP contribution in [0, 0.1) is 0 Å². The average molecular weight is 457 g/mol. The lowest BCUT2D eigenvalue weighted by Gasteiger charge is -2.41. The molecule has 1 aromatic heterocycles. The van der Waals surface area contributed by atoms with Crippen LogP contribution < -0.4 is 16.0 Å². The van der Waals surface area contributed by atoms with Gasteiger partial charge in [0, 0.05) is 38.1 Å². The molecular formula is C23H32N6O4. The maximum absolute atomic E-state index is 13.3. The number of carbonyl (C=O) groups excluding carboxylic acids is 4. The summed E-state index contributed by atoms with van der Waals surface area (Å²) in [6.07, 6.45) is 9.63. The summed E-state index contributed by atoms with van der Waals surface area (Å²) in [4.78, 5) is 58.6. The highest BCUT2D eigenvalue weighted by atomic mass is 16.2. The molecule has 3 aliphatic rings. The van der Waals surface area contributed by atoms with E-state index in [0.29, 0.717) is 25.1 Å². The van der Waals surface area contributed by atoms with Gasteiger partial charge in [0.15, 0.2) is 0 Å². The molecule has 5 amide bonds. The van der Waals surface area contributed by atoms with Crippen molar-refractivity contribution in [1.29, 1.82) is 0 Å². The van der Waals surface area contributed by atoms with Gasteiger partial charge in [-0.25, -0.2) is 4.79 Å². The molecule has 33 heavy (non-hydrogen) atoms. The van der Waals surface area contributed by atoms with Crippen molar-refractivity contribution < 1.29 is 19.2 Å². The smallest absolute Gasteiger partial charge is 0.318 e. The van der Waals surface area contributed by atoms with Gasteiger partial charge in [-0.3, -0.25) is 19.4 Å². The minimum Gasteiger partial charge on any atom is -0.354 e. The number of nitrogens with zero attached hydrogens (tertiary/aromatic N) is 3. The predicted molar refractivity (Wildman–Crippen MR) is 120 cm³/mol. The molecule has 10 nitrogen and oxygen atoms in total. The lowest BCUT2D eigenvalue weighted by Crippen LogP contribution is -2.65. The van der Waals surface area contributed by atoms with Crippen molar-refractivity contribution in [2.24, 2.45) is 0 Å². The van der Waals surface area contributed by atoms with Crippen LogP contribution in [0.15, 0.2) is 24.5 Å². The number of nitrogens with one attached hydrogen (secondary N) is 3. The summed E-state index contributed by atoms with van der Waals surface area (Å²) in [5.41, 5.74) is 0.434. The van der Waals surface area contributed by atoms with E-state index >= 15 is 0 Å². The van der Waals surface area contributed by atoms with Crippen molar-refractivity contribution in [2.45, 2.75) is 63.1 Å². The molecule has 2 saturated heterocycles. The van der Waals surface area contributed by atoms with E-state index in [-0.39, 0.29) is 37.0 Å². The summed E-state index contributed by atoms with van der Waals surface area (Å²) in [7, 11) is 0. The molecular weight excluding hydrogens is 424 g/mol. The number of piperidine rings is 1. The Morgan fingerprint density at radius 1 is 1.03 bits per heavy atom. The molecule has 10 heteroatoms. The SMILES string of the molecule is O=C1NCCC[C@@H]1NC(=O)[C@H]1CN(C(=O)c2cccnc2)CCN1C(=O)NC1CCCCC1. The van der Waals surface area contributed by atoms with Gasteiger partial charge in [0.1, 0.15) is 12.1 Å². The lowest BCUT2D eigenvalue weighted by atomic mass is 9.95. The molecule has 0 spiro atoms. The van der Waals surface area contributed by atoms with Crippen LogP contribution in [-0.4, -0.2) is 82.8 Å². The maximum Gasteiger partial charge on any atom is 0.318 e. The summed E-state index contributed by atoms with van der Waals surface area (Å²) in [6, 6.07) is 1.68. The van der Waals surface area contributed by atoms with Crippen LogP contribution in [0.5, 0.6) is 0 Å². The molecule has 3 N–H and O–H groups in total. The van der Waals surface area contributed by atoms with E-state index in [1.165, 1.54) is 17.5 Å². The van der Waals surface area contributed by atoms with Crippen LogP contribution in [0.1, 0.15) is 55.3 Å². The number of aromatic nitrogens is 1. The van der Waals surface area contributed by atoms with Gasteiger partial charge in [-0.05, 0) is 37.8 Å². The van der Waals surface area contributed by atoms with Gasteiger partial charge in [0.2, 0.25) is 11.8 Å². The Morgan fingerprint density at radius 3 is 2.58 bits per heavy atom. The Morgan fingerprint density at radius 2 is 1.85 bits per heavy atom. The summed E-state index contributed by atoms with van der Waals surface area (Å²) >= 11 is 0.